The van der Waals surface area contributed by atoms with E-state index in [0.717, 1.165) is 10.7 Å². The Morgan fingerprint density at radius 3 is 2.59 bits per heavy atom. The van der Waals surface area contributed by atoms with Crippen molar-refractivity contribution < 1.29 is 17.9 Å². The maximum Gasteiger partial charge on any atom is 0.277 e. The molecule has 182 valence electrons. The lowest BCUT2D eigenvalue weighted by molar-refractivity contribution is -0.132. The number of rotatable bonds is 7. The lowest BCUT2D eigenvalue weighted by Gasteiger charge is -2.31. The number of nitrogens with zero attached hydrogens (tertiary/aromatic N) is 5. The third kappa shape index (κ3) is 4.18. The topological polar surface area (TPSA) is 130 Å². The van der Waals surface area contributed by atoms with E-state index < -0.39 is 10.0 Å². The lowest BCUT2D eigenvalue weighted by atomic mass is 10.1. The first-order valence-electron chi connectivity index (χ1n) is 11.1. The quantitative estimate of drug-likeness (QED) is 0.528. The lowest BCUT2D eigenvalue weighted by Crippen LogP contribution is -2.50. The van der Waals surface area contributed by atoms with Gasteiger partial charge in [0.15, 0.2) is 5.52 Å². The molecule has 11 nitrogen and oxygen atoms in total. The molecule has 3 aromatic rings. The summed E-state index contributed by atoms with van der Waals surface area (Å²) in [4.78, 5) is 33.9. The van der Waals surface area contributed by atoms with Crippen molar-refractivity contribution in [3.05, 3.63) is 34.2 Å². The number of aryl methyl sites for hydroxylation is 2. The molecule has 4 rings (SSSR count). The first-order chi connectivity index (χ1) is 16.2. The summed E-state index contributed by atoms with van der Waals surface area (Å²) < 4.78 is 35.0. The van der Waals surface area contributed by atoms with E-state index in [1.807, 2.05) is 13.8 Å². The molecular weight excluding hydrogens is 460 g/mol. The minimum atomic E-state index is -3.95. The number of aromatic nitrogens is 4. The van der Waals surface area contributed by atoms with Gasteiger partial charge in [0.2, 0.25) is 15.9 Å². The van der Waals surface area contributed by atoms with Gasteiger partial charge in [-0.05, 0) is 31.5 Å². The van der Waals surface area contributed by atoms with Crippen molar-refractivity contribution in [1.82, 2.24) is 29.0 Å². The Labute approximate surface area is 197 Å². The number of nitrogens with one attached hydrogen (secondary N) is 1. The highest BCUT2D eigenvalue weighted by molar-refractivity contribution is 7.89. The summed E-state index contributed by atoms with van der Waals surface area (Å²) in [6.07, 6.45) is 1.48. The van der Waals surface area contributed by atoms with Crippen LogP contribution in [0.15, 0.2) is 27.9 Å². The number of hydrogen-bond acceptors (Lipinski definition) is 7. The molecular formula is C22H28N6O5S. The second kappa shape index (κ2) is 9.18. The number of aromatic amines is 1. The van der Waals surface area contributed by atoms with Gasteiger partial charge in [0.1, 0.15) is 17.1 Å². The Balaban J connectivity index is 1.85. The Hall–Kier alpha value is -3.25. The summed E-state index contributed by atoms with van der Waals surface area (Å²) in [7, 11) is -0.620. The molecule has 1 N–H and O–H groups in total. The second-order valence-electron chi connectivity index (χ2n) is 8.18. The number of piperazine rings is 1. The van der Waals surface area contributed by atoms with Gasteiger partial charge < -0.3 is 14.6 Å². The normalized spacial score (nSPS) is 15.3. The first kappa shape index (κ1) is 23.9. The zero-order valence-corrected chi connectivity index (χ0v) is 20.5. The largest absolute Gasteiger partial charge is 0.493 e. The van der Waals surface area contributed by atoms with Gasteiger partial charge in [0.05, 0.1) is 29.3 Å². The molecule has 1 fully saturated rings. The van der Waals surface area contributed by atoms with Crippen molar-refractivity contribution in [2.24, 2.45) is 7.05 Å². The predicted molar refractivity (Wildman–Crippen MR) is 126 cm³/mol. The standard InChI is InChI=1S/C22H28N6O5S/c1-5-7-16-19-20(27(4)25-16)22(30)24-21(23-19)15-12-14(8-9-17(15)33-6-2)34(31,32)28-11-10-26(3)18(29)13-28/h8-9,12H,5-7,10-11,13H2,1-4H3,(H,23,24,30). The Morgan fingerprint density at radius 1 is 1.15 bits per heavy atom. The van der Waals surface area contributed by atoms with Crippen molar-refractivity contribution in [3.8, 4) is 17.1 Å². The molecule has 12 heteroatoms. The van der Waals surface area contributed by atoms with E-state index in [2.05, 4.69) is 15.1 Å². The van der Waals surface area contributed by atoms with E-state index in [-0.39, 0.29) is 35.3 Å². The van der Waals surface area contributed by atoms with E-state index in [4.69, 9.17) is 4.74 Å². The number of hydrogen-bond donors (Lipinski definition) is 1. The fraction of sp³-hybridized carbons (Fsp3) is 0.455. The number of H-pyrrole nitrogens is 1. The Morgan fingerprint density at radius 2 is 1.91 bits per heavy atom. The van der Waals surface area contributed by atoms with Gasteiger partial charge in [-0.25, -0.2) is 13.4 Å². The Bertz CT molecular complexity index is 1410. The number of ether oxygens (including phenoxy) is 1. The van der Waals surface area contributed by atoms with Gasteiger partial charge in [0.25, 0.3) is 5.56 Å². The Kier molecular flexibility index (Phi) is 6.45. The highest BCUT2D eigenvalue weighted by Crippen LogP contribution is 2.32. The smallest absolute Gasteiger partial charge is 0.277 e. The monoisotopic (exact) mass is 488 g/mol. The molecule has 0 unspecified atom stereocenters. The third-order valence-corrected chi connectivity index (χ3v) is 7.66. The molecule has 0 spiro atoms. The molecule has 0 atom stereocenters. The number of sulfonamides is 1. The number of benzene rings is 1. The zero-order chi connectivity index (χ0) is 24.6. The minimum absolute atomic E-state index is 0.00831. The zero-order valence-electron chi connectivity index (χ0n) is 19.7. The van der Waals surface area contributed by atoms with E-state index in [1.54, 1.807) is 20.2 Å². The molecule has 0 aliphatic carbocycles. The van der Waals surface area contributed by atoms with Crippen LogP contribution < -0.4 is 10.3 Å². The molecule has 0 bridgehead atoms. The van der Waals surface area contributed by atoms with Crippen LogP contribution in [-0.2, 0) is 28.3 Å². The number of fused-ring (bicyclic) bond motifs is 1. The SMILES string of the molecule is CCCc1nn(C)c2c(=O)[nH]c(-c3cc(S(=O)(=O)N4CCN(C)C(=O)C4)ccc3OCC)nc12. The minimum Gasteiger partial charge on any atom is -0.493 e. The average Bonchev–Trinajstić information content (AvgIpc) is 3.11. The highest BCUT2D eigenvalue weighted by atomic mass is 32.2. The van der Waals surface area contributed by atoms with Crippen LogP contribution in [-0.4, -0.2) is 76.6 Å². The van der Waals surface area contributed by atoms with E-state index in [0.29, 0.717) is 47.6 Å². The summed E-state index contributed by atoms with van der Waals surface area (Å²) in [5.74, 6) is 0.314. The fourth-order valence-electron chi connectivity index (χ4n) is 4.01. The molecule has 0 radical (unpaired) electrons. The molecule has 1 amide bonds. The van der Waals surface area contributed by atoms with Crippen LogP contribution in [0.4, 0.5) is 0 Å². The summed E-state index contributed by atoms with van der Waals surface area (Å²) in [6.45, 7) is 4.45. The van der Waals surface area contributed by atoms with Crippen LogP contribution in [0.5, 0.6) is 5.75 Å². The van der Waals surface area contributed by atoms with Crippen molar-refractivity contribution in [2.75, 3.05) is 33.3 Å². The molecule has 0 saturated carbocycles. The van der Waals surface area contributed by atoms with Crippen molar-refractivity contribution in [1.29, 1.82) is 0 Å². The first-order valence-corrected chi connectivity index (χ1v) is 12.6. The van der Waals surface area contributed by atoms with Gasteiger partial charge in [-0.2, -0.15) is 9.40 Å². The molecule has 1 saturated heterocycles. The van der Waals surface area contributed by atoms with Crippen molar-refractivity contribution >= 4 is 27.0 Å². The van der Waals surface area contributed by atoms with Crippen LogP contribution in [0.1, 0.15) is 26.0 Å². The maximum atomic E-state index is 13.3. The van der Waals surface area contributed by atoms with E-state index in [9.17, 15) is 18.0 Å². The summed E-state index contributed by atoms with van der Waals surface area (Å²) >= 11 is 0. The van der Waals surface area contributed by atoms with Gasteiger partial charge in [-0.1, -0.05) is 13.3 Å². The van der Waals surface area contributed by atoms with E-state index >= 15 is 0 Å². The van der Waals surface area contributed by atoms with E-state index in [1.165, 1.54) is 21.7 Å². The van der Waals surface area contributed by atoms with Gasteiger partial charge in [-0.15, -0.1) is 0 Å². The van der Waals surface area contributed by atoms with Crippen LogP contribution in [0.25, 0.3) is 22.4 Å². The van der Waals surface area contributed by atoms with Crippen molar-refractivity contribution in [3.63, 3.8) is 0 Å². The number of carbonyl (C=O) groups excluding carboxylic acids is 1. The van der Waals surface area contributed by atoms with Gasteiger partial charge >= 0.3 is 0 Å². The highest BCUT2D eigenvalue weighted by Gasteiger charge is 2.32. The molecule has 1 aliphatic heterocycles. The molecule has 1 aliphatic rings. The summed E-state index contributed by atoms with van der Waals surface area (Å²) in [6, 6.07) is 4.42. The van der Waals surface area contributed by atoms with Gasteiger partial charge in [0, 0.05) is 27.2 Å². The number of carbonyl (C=O) groups is 1. The maximum absolute atomic E-state index is 13.3. The number of amides is 1. The second-order valence-corrected chi connectivity index (χ2v) is 10.1. The van der Waals surface area contributed by atoms with Crippen LogP contribution in [0.2, 0.25) is 0 Å². The van der Waals surface area contributed by atoms with Gasteiger partial charge in [-0.3, -0.25) is 14.3 Å². The summed E-state index contributed by atoms with van der Waals surface area (Å²) in [5.41, 5.74) is 1.49. The molecule has 2 aromatic heterocycles. The molecule has 34 heavy (non-hydrogen) atoms. The fourth-order valence-corrected chi connectivity index (χ4v) is 5.41. The summed E-state index contributed by atoms with van der Waals surface area (Å²) in [5, 5.41) is 4.43. The van der Waals surface area contributed by atoms with Crippen LogP contribution >= 0.6 is 0 Å². The van der Waals surface area contributed by atoms with Crippen molar-refractivity contribution in [2.45, 2.75) is 31.6 Å². The average molecular weight is 489 g/mol. The predicted octanol–water partition coefficient (Wildman–Crippen LogP) is 1.14. The van der Waals surface area contributed by atoms with Crippen LogP contribution in [0, 0.1) is 0 Å². The van der Waals surface area contributed by atoms with Crippen LogP contribution in [0.3, 0.4) is 0 Å². The molecule has 3 heterocycles. The molecule has 1 aromatic carbocycles. The number of likely N-dealkylation sites (N-methyl/N-ethyl adjacent to an activating group) is 1. The third-order valence-electron chi connectivity index (χ3n) is 5.82.